The van der Waals surface area contributed by atoms with Crippen molar-refractivity contribution < 1.29 is 13.6 Å². The Morgan fingerprint density at radius 3 is 2.70 bits per heavy atom. The maximum Gasteiger partial charge on any atom is 0.276 e. The molecule has 6 heteroatoms. The van der Waals surface area contributed by atoms with E-state index in [0.717, 1.165) is 0 Å². The number of benzene rings is 2. The summed E-state index contributed by atoms with van der Waals surface area (Å²) in [6, 6.07) is 9.48. The molecule has 3 rings (SSSR count). The number of aromatic nitrogens is 2. The van der Waals surface area contributed by atoms with E-state index in [1.165, 1.54) is 36.4 Å². The molecule has 3 aromatic rings. The summed E-state index contributed by atoms with van der Waals surface area (Å²) in [5.41, 5.74) is 0.919. The molecule has 20 heavy (non-hydrogen) atoms. The van der Waals surface area contributed by atoms with Crippen molar-refractivity contribution in [2.24, 2.45) is 0 Å². The van der Waals surface area contributed by atoms with E-state index in [1.54, 1.807) is 6.07 Å². The van der Waals surface area contributed by atoms with Crippen molar-refractivity contribution in [3.63, 3.8) is 0 Å². The van der Waals surface area contributed by atoms with Crippen molar-refractivity contribution >= 4 is 22.5 Å². The third-order valence-corrected chi connectivity index (χ3v) is 2.82. The number of carbonyl (C=O) groups excluding carboxylic acids is 1. The number of amides is 1. The number of nitrogens with one attached hydrogen (secondary N) is 2. The van der Waals surface area contributed by atoms with Crippen LogP contribution in [0.5, 0.6) is 0 Å². The van der Waals surface area contributed by atoms with Gasteiger partial charge in [0.25, 0.3) is 5.91 Å². The third-order valence-electron chi connectivity index (χ3n) is 2.82. The summed E-state index contributed by atoms with van der Waals surface area (Å²) >= 11 is 0. The van der Waals surface area contributed by atoms with E-state index < -0.39 is 17.5 Å². The highest BCUT2D eigenvalue weighted by Crippen LogP contribution is 2.18. The van der Waals surface area contributed by atoms with Crippen molar-refractivity contribution in [2.75, 3.05) is 5.32 Å². The number of rotatable bonds is 2. The molecule has 100 valence electrons. The number of hydrogen-bond donors (Lipinski definition) is 2. The molecular weight excluding hydrogens is 264 g/mol. The molecule has 0 unspecified atom stereocenters. The largest absolute Gasteiger partial charge is 0.320 e. The van der Waals surface area contributed by atoms with Gasteiger partial charge < -0.3 is 5.32 Å². The fourth-order valence-electron chi connectivity index (χ4n) is 1.92. The van der Waals surface area contributed by atoms with Crippen LogP contribution in [-0.4, -0.2) is 16.1 Å². The lowest BCUT2D eigenvalue weighted by atomic mass is 10.2. The SMILES string of the molecule is O=C(Nc1cccc(F)c1)c1n[nH]c2ccc(F)cc12. The molecule has 1 heterocycles. The minimum Gasteiger partial charge on any atom is -0.320 e. The summed E-state index contributed by atoms with van der Waals surface area (Å²) in [4.78, 5) is 12.1. The second-order valence-corrected chi connectivity index (χ2v) is 4.23. The number of H-pyrrole nitrogens is 1. The van der Waals surface area contributed by atoms with Gasteiger partial charge in [0, 0.05) is 11.1 Å². The van der Waals surface area contributed by atoms with Crippen LogP contribution in [0, 0.1) is 11.6 Å². The first-order valence-corrected chi connectivity index (χ1v) is 5.84. The summed E-state index contributed by atoms with van der Waals surface area (Å²) in [6.45, 7) is 0. The van der Waals surface area contributed by atoms with Gasteiger partial charge in [-0.25, -0.2) is 8.78 Å². The van der Waals surface area contributed by atoms with Crippen LogP contribution in [0.2, 0.25) is 0 Å². The minimum absolute atomic E-state index is 0.0590. The van der Waals surface area contributed by atoms with Gasteiger partial charge in [0.05, 0.1) is 5.52 Å². The van der Waals surface area contributed by atoms with Gasteiger partial charge in [-0.05, 0) is 36.4 Å². The van der Waals surface area contributed by atoms with Crippen LogP contribution in [0.25, 0.3) is 10.9 Å². The Bertz CT molecular complexity index is 798. The molecule has 0 aliphatic carbocycles. The molecular formula is C14H9F2N3O. The molecule has 2 aromatic carbocycles. The van der Waals surface area contributed by atoms with Crippen LogP contribution in [-0.2, 0) is 0 Å². The molecule has 2 N–H and O–H groups in total. The van der Waals surface area contributed by atoms with Gasteiger partial charge >= 0.3 is 0 Å². The van der Waals surface area contributed by atoms with E-state index in [2.05, 4.69) is 15.5 Å². The number of hydrogen-bond acceptors (Lipinski definition) is 2. The number of fused-ring (bicyclic) bond motifs is 1. The Hall–Kier alpha value is -2.76. The molecule has 0 atom stereocenters. The van der Waals surface area contributed by atoms with E-state index in [9.17, 15) is 13.6 Å². The number of nitrogens with zero attached hydrogens (tertiary/aromatic N) is 1. The second kappa shape index (κ2) is 4.73. The highest BCUT2D eigenvalue weighted by atomic mass is 19.1. The lowest BCUT2D eigenvalue weighted by molar-refractivity contribution is 0.102. The van der Waals surface area contributed by atoms with Crippen molar-refractivity contribution in [1.82, 2.24) is 10.2 Å². The van der Waals surface area contributed by atoms with Gasteiger partial charge in [-0.3, -0.25) is 9.89 Å². The molecule has 1 amide bonds. The van der Waals surface area contributed by atoms with Crippen molar-refractivity contribution in [3.05, 3.63) is 59.8 Å². The van der Waals surface area contributed by atoms with Gasteiger partial charge in [0.1, 0.15) is 11.6 Å². The fourth-order valence-corrected chi connectivity index (χ4v) is 1.92. The zero-order chi connectivity index (χ0) is 14.1. The Morgan fingerprint density at radius 1 is 1.10 bits per heavy atom. The fraction of sp³-hybridized carbons (Fsp3) is 0. The van der Waals surface area contributed by atoms with Crippen molar-refractivity contribution in [1.29, 1.82) is 0 Å². The van der Waals surface area contributed by atoms with Crippen LogP contribution >= 0.6 is 0 Å². The Balaban J connectivity index is 1.94. The Kier molecular flexibility index (Phi) is 2.90. The molecule has 0 aliphatic rings. The Labute approximate surface area is 112 Å². The zero-order valence-electron chi connectivity index (χ0n) is 10.2. The maximum absolute atomic E-state index is 13.2. The van der Waals surface area contributed by atoms with Gasteiger partial charge in [-0.2, -0.15) is 5.10 Å². The predicted molar refractivity (Wildman–Crippen MR) is 70.4 cm³/mol. The minimum atomic E-state index is -0.535. The van der Waals surface area contributed by atoms with E-state index in [-0.39, 0.29) is 5.69 Å². The quantitative estimate of drug-likeness (QED) is 0.753. The highest BCUT2D eigenvalue weighted by Gasteiger charge is 2.15. The van der Waals surface area contributed by atoms with Gasteiger partial charge in [-0.15, -0.1) is 0 Å². The summed E-state index contributed by atoms with van der Waals surface area (Å²) in [7, 11) is 0. The standard InChI is InChI=1S/C14H9F2N3O/c15-8-2-1-3-10(6-8)17-14(20)13-11-7-9(16)4-5-12(11)18-19-13/h1-7H,(H,17,20)(H,18,19). The zero-order valence-corrected chi connectivity index (χ0v) is 10.2. The number of anilines is 1. The van der Waals surface area contributed by atoms with E-state index in [4.69, 9.17) is 0 Å². The van der Waals surface area contributed by atoms with Crippen LogP contribution in [0.4, 0.5) is 14.5 Å². The van der Waals surface area contributed by atoms with Crippen LogP contribution in [0.1, 0.15) is 10.5 Å². The second-order valence-electron chi connectivity index (χ2n) is 4.23. The molecule has 4 nitrogen and oxygen atoms in total. The van der Waals surface area contributed by atoms with E-state index in [0.29, 0.717) is 16.6 Å². The van der Waals surface area contributed by atoms with Gasteiger partial charge in [-0.1, -0.05) is 6.07 Å². The molecule has 0 radical (unpaired) electrons. The highest BCUT2D eigenvalue weighted by molar-refractivity contribution is 6.11. The average molecular weight is 273 g/mol. The number of halogens is 2. The monoisotopic (exact) mass is 273 g/mol. The topological polar surface area (TPSA) is 57.8 Å². The van der Waals surface area contributed by atoms with Gasteiger partial charge in [0.15, 0.2) is 5.69 Å². The predicted octanol–water partition coefficient (Wildman–Crippen LogP) is 3.09. The van der Waals surface area contributed by atoms with Crippen LogP contribution in [0.15, 0.2) is 42.5 Å². The summed E-state index contributed by atoms with van der Waals surface area (Å²) in [5, 5.41) is 9.39. The van der Waals surface area contributed by atoms with Crippen LogP contribution < -0.4 is 5.32 Å². The molecule has 0 spiro atoms. The lowest BCUT2D eigenvalue weighted by Crippen LogP contribution is -2.12. The molecule has 0 bridgehead atoms. The maximum atomic E-state index is 13.2. The first-order valence-electron chi connectivity index (χ1n) is 5.84. The normalized spacial score (nSPS) is 10.7. The summed E-state index contributed by atoms with van der Waals surface area (Å²) < 4.78 is 26.3. The van der Waals surface area contributed by atoms with Crippen molar-refractivity contribution in [2.45, 2.75) is 0 Å². The number of carbonyl (C=O) groups is 1. The molecule has 0 fully saturated rings. The lowest BCUT2D eigenvalue weighted by Gasteiger charge is -2.03. The first-order chi connectivity index (χ1) is 9.63. The smallest absolute Gasteiger partial charge is 0.276 e. The van der Waals surface area contributed by atoms with Gasteiger partial charge in [0.2, 0.25) is 0 Å². The van der Waals surface area contributed by atoms with E-state index >= 15 is 0 Å². The number of aromatic amines is 1. The van der Waals surface area contributed by atoms with Crippen LogP contribution in [0.3, 0.4) is 0 Å². The summed E-state index contributed by atoms with van der Waals surface area (Å²) in [5.74, 6) is -1.45. The average Bonchev–Trinajstić information content (AvgIpc) is 2.81. The molecule has 1 aromatic heterocycles. The third kappa shape index (κ3) is 2.23. The first kappa shape index (κ1) is 12.3. The van der Waals surface area contributed by atoms with E-state index in [1.807, 2.05) is 0 Å². The summed E-state index contributed by atoms with van der Waals surface area (Å²) in [6.07, 6.45) is 0. The molecule has 0 aliphatic heterocycles. The van der Waals surface area contributed by atoms with Crippen molar-refractivity contribution in [3.8, 4) is 0 Å². The molecule has 0 saturated heterocycles. The Morgan fingerprint density at radius 2 is 1.90 bits per heavy atom. The molecule has 0 saturated carbocycles.